The number of halogens is 2. The summed E-state index contributed by atoms with van der Waals surface area (Å²) in [4.78, 5) is 23.7. The van der Waals surface area contributed by atoms with E-state index in [1.807, 2.05) is 0 Å². The maximum atomic E-state index is 12.3. The molecule has 6 nitrogen and oxygen atoms in total. The van der Waals surface area contributed by atoms with Crippen molar-refractivity contribution in [3.63, 3.8) is 0 Å². The number of rotatable bonds is 8. The monoisotopic (exact) mass is 371 g/mol. The molecule has 0 spiro atoms. The predicted octanol–water partition coefficient (Wildman–Crippen LogP) is 2.83. The Balaban J connectivity index is 1.83. The first-order valence-electron chi connectivity index (χ1n) is 7.08. The Morgan fingerprint density at radius 3 is 2.68 bits per heavy atom. The molecule has 1 amide bonds. The maximum absolute atomic E-state index is 12.3. The molecule has 9 heteroatoms. The van der Waals surface area contributed by atoms with Gasteiger partial charge in [-0.15, -0.1) is 11.3 Å². The van der Waals surface area contributed by atoms with Gasteiger partial charge in [-0.2, -0.15) is 8.78 Å². The van der Waals surface area contributed by atoms with E-state index in [9.17, 15) is 18.4 Å². The van der Waals surface area contributed by atoms with Gasteiger partial charge in [-0.1, -0.05) is 12.1 Å². The molecule has 0 fully saturated rings. The molecule has 0 bridgehead atoms. The van der Waals surface area contributed by atoms with Crippen LogP contribution in [0.15, 0.2) is 35.7 Å². The molecule has 2 aromatic rings. The molecular formula is C16H15F2NO5S. The van der Waals surface area contributed by atoms with Gasteiger partial charge in [0.1, 0.15) is 4.88 Å². The minimum absolute atomic E-state index is 0.0996. The van der Waals surface area contributed by atoms with E-state index in [0.717, 1.165) is 0 Å². The number of esters is 1. The van der Waals surface area contributed by atoms with Crippen LogP contribution >= 0.6 is 11.3 Å². The summed E-state index contributed by atoms with van der Waals surface area (Å²) in [5.74, 6) is -1.04. The summed E-state index contributed by atoms with van der Waals surface area (Å²) in [6.07, 6.45) is 0. The van der Waals surface area contributed by atoms with E-state index in [0.29, 0.717) is 10.4 Å². The lowest BCUT2D eigenvalue weighted by Crippen LogP contribution is -2.28. The Morgan fingerprint density at radius 1 is 1.24 bits per heavy atom. The molecule has 0 saturated carbocycles. The largest absolute Gasteiger partial charge is 0.493 e. The fraction of sp³-hybridized carbons (Fsp3) is 0.250. The van der Waals surface area contributed by atoms with Gasteiger partial charge >= 0.3 is 12.6 Å². The van der Waals surface area contributed by atoms with Crippen molar-refractivity contribution < 1.29 is 32.6 Å². The van der Waals surface area contributed by atoms with Gasteiger partial charge in [0.25, 0.3) is 5.91 Å². The van der Waals surface area contributed by atoms with Gasteiger partial charge in [-0.25, -0.2) is 4.79 Å². The van der Waals surface area contributed by atoms with Crippen LogP contribution in [0.3, 0.4) is 0 Å². The fourth-order valence-electron chi connectivity index (χ4n) is 1.86. The summed E-state index contributed by atoms with van der Waals surface area (Å²) in [6, 6.07) is 7.60. The second-order valence-electron chi connectivity index (χ2n) is 4.69. The lowest BCUT2D eigenvalue weighted by atomic mass is 10.2. The van der Waals surface area contributed by atoms with Gasteiger partial charge in [-0.3, -0.25) is 4.79 Å². The van der Waals surface area contributed by atoms with Gasteiger partial charge in [-0.05, 0) is 29.1 Å². The molecule has 1 aromatic carbocycles. The van der Waals surface area contributed by atoms with Crippen LogP contribution in [0, 0.1) is 0 Å². The first-order valence-corrected chi connectivity index (χ1v) is 7.96. The predicted molar refractivity (Wildman–Crippen MR) is 86.1 cm³/mol. The molecule has 25 heavy (non-hydrogen) atoms. The van der Waals surface area contributed by atoms with Crippen LogP contribution in [0.1, 0.15) is 15.2 Å². The van der Waals surface area contributed by atoms with Gasteiger partial charge < -0.3 is 19.5 Å². The van der Waals surface area contributed by atoms with E-state index < -0.39 is 25.1 Å². The normalized spacial score (nSPS) is 10.4. The van der Waals surface area contributed by atoms with Gasteiger partial charge in [0, 0.05) is 6.54 Å². The first kappa shape index (κ1) is 18.7. The molecule has 0 aliphatic heterocycles. The molecule has 1 heterocycles. The summed E-state index contributed by atoms with van der Waals surface area (Å²) < 4.78 is 38.7. The van der Waals surface area contributed by atoms with Crippen molar-refractivity contribution in [3.05, 3.63) is 46.2 Å². The minimum atomic E-state index is -2.96. The van der Waals surface area contributed by atoms with Crippen molar-refractivity contribution in [2.75, 3.05) is 13.7 Å². The number of benzene rings is 1. The highest BCUT2D eigenvalue weighted by Crippen LogP contribution is 2.29. The van der Waals surface area contributed by atoms with Gasteiger partial charge in [0.2, 0.25) is 0 Å². The topological polar surface area (TPSA) is 73.9 Å². The number of thiophene rings is 1. The number of hydrogen-bond donors (Lipinski definition) is 1. The highest BCUT2D eigenvalue weighted by molar-refractivity contribution is 7.11. The second kappa shape index (κ2) is 8.97. The standard InChI is InChI=1S/C16H15F2NO5S/c1-22-12-7-10(4-5-11(12)24-16(17)18)8-19-14(20)9-23-15(21)13-3-2-6-25-13/h2-7,16H,8-9H2,1H3,(H,19,20). The van der Waals surface area contributed by atoms with E-state index in [1.54, 1.807) is 17.5 Å². The van der Waals surface area contributed by atoms with Crippen molar-refractivity contribution >= 4 is 23.2 Å². The van der Waals surface area contributed by atoms with E-state index >= 15 is 0 Å². The molecule has 134 valence electrons. The Labute approximate surface area is 146 Å². The summed E-state index contributed by atoms with van der Waals surface area (Å²) >= 11 is 1.22. The Hall–Kier alpha value is -2.68. The van der Waals surface area contributed by atoms with Gasteiger partial charge in [0.05, 0.1) is 7.11 Å². The smallest absolute Gasteiger partial charge is 0.387 e. The zero-order chi connectivity index (χ0) is 18.2. The molecule has 2 rings (SSSR count). The van der Waals surface area contributed by atoms with E-state index in [-0.39, 0.29) is 18.0 Å². The zero-order valence-corrected chi connectivity index (χ0v) is 14.0. The molecule has 1 N–H and O–H groups in total. The van der Waals surface area contributed by atoms with Crippen molar-refractivity contribution in [3.8, 4) is 11.5 Å². The Kier molecular flexibility index (Phi) is 6.70. The number of carbonyl (C=O) groups excluding carboxylic acids is 2. The number of methoxy groups -OCH3 is 1. The summed E-state index contributed by atoms with van der Waals surface area (Å²) in [5.41, 5.74) is 0.608. The van der Waals surface area contributed by atoms with Crippen LogP contribution in [0.2, 0.25) is 0 Å². The highest BCUT2D eigenvalue weighted by atomic mass is 32.1. The third-order valence-electron chi connectivity index (χ3n) is 2.99. The summed E-state index contributed by atoms with van der Waals surface area (Å²) in [5, 5.41) is 4.28. The Bertz CT molecular complexity index is 721. The molecule has 1 aromatic heterocycles. The number of ether oxygens (including phenoxy) is 3. The van der Waals surface area contributed by atoms with Crippen LogP contribution in [0.5, 0.6) is 11.5 Å². The third-order valence-corrected chi connectivity index (χ3v) is 3.84. The molecule has 0 saturated heterocycles. The molecule has 0 aliphatic rings. The second-order valence-corrected chi connectivity index (χ2v) is 5.64. The summed E-state index contributed by atoms with van der Waals surface area (Å²) in [7, 11) is 1.32. The number of amides is 1. The minimum Gasteiger partial charge on any atom is -0.493 e. The van der Waals surface area contributed by atoms with E-state index in [1.165, 1.54) is 36.6 Å². The maximum Gasteiger partial charge on any atom is 0.387 e. The van der Waals surface area contributed by atoms with Crippen LogP contribution in [0.25, 0.3) is 0 Å². The first-order chi connectivity index (χ1) is 12.0. The third kappa shape index (κ3) is 5.71. The average Bonchev–Trinajstić information content (AvgIpc) is 3.13. The van der Waals surface area contributed by atoms with Crippen LogP contribution < -0.4 is 14.8 Å². The van der Waals surface area contributed by atoms with E-state index in [4.69, 9.17) is 9.47 Å². The van der Waals surface area contributed by atoms with Crippen LogP contribution in [0.4, 0.5) is 8.78 Å². The Morgan fingerprint density at radius 2 is 2.04 bits per heavy atom. The highest BCUT2D eigenvalue weighted by Gasteiger charge is 2.13. The summed E-state index contributed by atoms with van der Waals surface area (Å²) in [6.45, 7) is -3.27. The fourth-order valence-corrected chi connectivity index (χ4v) is 2.48. The van der Waals surface area contributed by atoms with Gasteiger partial charge in [0.15, 0.2) is 18.1 Å². The molecule has 0 atom stereocenters. The number of carbonyl (C=O) groups is 2. The SMILES string of the molecule is COc1cc(CNC(=O)COC(=O)c2cccs2)ccc1OC(F)F. The molecular weight excluding hydrogens is 356 g/mol. The van der Waals surface area contributed by atoms with Crippen molar-refractivity contribution in [1.29, 1.82) is 0 Å². The van der Waals surface area contributed by atoms with Crippen LogP contribution in [-0.4, -0.2) is 32.2 Å². The molecule has 0 unspecified atom stereocenters. The van der Waals surface area contributed by atoms with Crippen molar-refractivity contribution in [2.24, 2.45) is 0 Å². The zero-order valence-electron chi connectivity index (χ0n) is 13.2. The number of alkyl halides is 2. The number of nitrogens with one attached hydrogen (secondary N) is 1. The van der Waals surface area contributed by atoms with Crippen molar-refractivity contribution in [2.45, 2.75) is 13.2 Å². The molecule has 0 radical (unpaired) electrons. The van der Waals surface area contributed by atoms with E-state index in [2.05, 4.69) is 10.1 Å². The lowest BCUT2D eigenvalue weighted by Gasteiger charge is -2.12. The molecule has 0 aliphatic carbocycles. The van der Waals surface area contributed by atoms with Crippen LogP contribution in [-0.2, 0) is 16.1 Å². The number of hydrogen-bond acceptors (Lipinski definition) is 6. The average molecular weight is 371 g/mol. The van der Waals surface area contributed by atoms with Crippen molar-refractivity contribution in [1.82, 2.24) is 5.32 Å². The quantitative estimate of drug-likeness (QED) is 0.723. The lowest BCUT2D eigenvalue weighted by molar-refractivity contribution is -0.124.